The summed E-state index contributed by atoms with van der Waals surface area (Å²) in [5.41, 5.74) is 0. The van der Waals surface area contributed by atoms with Crippen molar-refractivity contribution in [3.05, 3.63) is 40.9 Å². The molecule has 0 bridgehead atoms. The summed E-state index contributed by atoms with van der Waals surface area (Å²) in [7, 11) is 0. The minimum atomic E-state index is 0.269. The Morgan fingerprint density at radius 3 is 2.83 bits per heavy atom. The van der Waals surface area contributed by atoms with Gasteiger partial charge in [-0.3, -0.25) is 0 Å². The first kappa shape index (κ1) is 12.0. The fraction of sp³-hybridized carbons (Fsp3) is 0.333. The van der Waals surface area contributed by atoms with Gasteiger partial charge in [-0.1, -0.05) is 28.1 Å². The Bertz CT molecular complexity index is 547. The van der Waals surface area contributed by atoms with Crippen LogP contribution in [0.5, 0.6) is 5.75 Å². The van der Waals surface area contributed by atoms with Gasteiger partial charge in [0, 0.05) is 11.1 Å². The monoisotopic (exact) mass is 306 g/mol. The summed E-state index contributed by atoms with van der Waals surface area (Å²) in [5.74, 6) is 0.917. The molecule has 1 saturated heterocycles. The summed E-state index contributed by atoms with van der Waals surface area (Å²) in [6.45, 7) is 1.53. The molecule has 3 heteroatoms. The van der Waals surface area contributed by atoms with Crippen molar-refractivity contribution in [3.63, 3.8) is 0 Å². The van der Waals surface area contributed by atoms with Crippen molar-refractivity contribution in [2.75, 3.05) is 13.2 Å². The third kappa shape index (κ3) is 2.68. The van der Waals surface area contributed by atoms with E-state index in [0.29, 0.717) is 6.61 Å². The average molecular weight is 307 g/mol. The summed E-state index contributed by atoms with van der Waals surface area (Å²) < 4.78 is 12.4. The first-order valence-corrected chi connectivity index (χ1v) is 7.04. The van der Waals surface area contributed by atoms with Gasteiger partial charge in [0.25, 0.3) is 0 Å². The third-order valence-corrected chi connectivity index (χ3v) is 3.73. The van der Waals surface area contributed by atoms with Gasteiger partial charge in [-0.05, 0) is 47.9 Å². The molecule has 2 aromatic carbocycles. The highest BCUT2D eigenvalue weighted by molar-refractivity contribution is 9.10. The maximum atomic E-state index is 5.79. The highest BCUT2D eigenvalue weighted by Gasteiger charge is 2.15. The van der Waals surface area contributed by atoms with Crippen molar-refractivity contribution in [1.29, 1.82) is 0 Å². The number of hydrogen-bond donors (Lipinski definition) is 0. The molecule has 1 fully saturated rings. The van der Waals surface area contributed by atoms with Crippen molar-refractivity contribution in [3.8, 4) is 5.75 Å². The molecule has 94 valence electrons. The summed E-state index contributed by atoms with van der Waals surface area (Å²) in [6.07, 6.45) is 2.53. The van der Waals surface area contributed by atoms with Crippen molar-refractivity contribution >= 4 is 26.7 Å². The lowest BCUT2D eigenvalue weighted by molar-refractivity contribution is 0.0680. The minimum Gasteiger partial charge on any atom is -0.491 e. The Morgan fingerprint density at radius 1 is 1.17 bits per heavy atom. The highest BCUT2D eigenvalue weighted by atomic mass is 79.9. The molecule has 1 aliphatic heterocycles. The van der Waals surface area contributed by atoms with Gasteiger partial charge >= 0.3 is 0 Å². The van der Waals surface area contributed by atoms with E-state index in [1.807, 2.05) is 12.1 Å². The van der Waals surface area contributed by atoms with Crippen LogP contribution < -0.4 is 4.74 Å². The molecule has 18 heavy (non-hydrogen) atoms. The zero-order valence-electron chi connectivity index (χ0n) is 10.1. The zero-order chi connectivity index (χ0) is 12.4. The van der Waals surface area contributed by atoms with Crippen molar-refractivity contribution in [1.82, 2.24) is 0 Å². The second-order valence-corrected chi connectivity index (χ2v) is 5.51. The molecule has 1 atom stereocenters. The van der Waals surface area contributed by atoms with Crippen molar-refractivity contribution in [2.45, 2.75) is 18.9 Å². The molecule has 1 unspecified atom stereocenters. The van der Waals surface area contributed by atoms with E-state index in [0.717, 1.165) is 29.7 Å². The van der Waals surface area contributed by atoms with Gasteiger partial charge in [-0.25, -0.2) is 0 Å². The molecule has 2 nitrogen and oxygen atoms in total. The van der Waals surface area contributed by atoms with E-state index in [4.69, 9.17) is 9.47 Å². The normalized spacial score (nSPS) is 19.3. The Labute approximate surface area is 115 Å². The third-order valence-electron chi connectivity index (χ3n) is 3.23. The highest BCUT2D eigenvalue weighted by Crippen LogP contribution is 2.24. The molecule has 0 N–H and O–H groups in total. The van der Waals surface area contributed by atoms with Crippen LogP contribution in [0.4, 0.5) is 0 Å². The molecule has 0 aromatic heterocycles. The minimum absolute atomic E-state index is 0.269. The smallest absolute Gasteiger partial charge is 0.120 e. The number of rotatable bonds is 3. The maximum absolute atomic E-state index is 5.79. The lowest BCUT2D eigenvalue weighted by Crippen LogP contribution is -2.16. The lowest BCUT2D eigenvalue weighted by atomic mass is 10.1. The topological polar surface area (TPSA) is 18.5 Å². The fourth-order valence-corrected chi connectivity index (χ4v) is 2.63. The summed E-state index contributed by atoms with van der Waals surface area (Å²) in [5, 5.41) is 2.41. The molecule has 1 heterocycles. The lowest BCUT2D eigenvalue weighted by Gasteiger charge is -2.12. The predicted octanol–water partition coefficient (Wildman–Crippen LogP) is 4.16. The molecular formula is C15H15BrO2. The van der Waals surface area contributed by atoms with Crippen LogP contribution in [-0.2, 0) is 4.74 Å². The van der Waals surface area contributed by atoms with Crippen LogP contribution >= 0.6 is 15.9 Å². The number of benzene rings is 2. The first-order chi connectivity index (χ1) is 8.81. The van der Waals surface area contributed by atoms with Crippen LogP contribution in [0.2, 0.25) is 0 Å². The van der Waals surface area contributed by atoms with E-state index in [9.17, 15) is 0 Å². The van der Waals surface area contributed by atoms with Crippen LogP contribution in [-0.4, -0.2) is 19.3 Å². The summed E-state index contributed by atoms with van der Waals surface area (Å²) in [6, 6.07) is 12.4. The van der Waals surface area contributed by atoms with E-state index >= 15 is 0 Å². The van der Waals surface area contributed by atoms with E-state index in [1.165, 1.54) is 10.8 Å². The summed E-state index contributed by atoms with van der Waals surface area (Å²) >= 11 is 3.48. The van der Waals surface area contributed by atoms with Gasteiger partial charge in [0.15, 0.2) is 0 Å². The molecule has 1 aliphatic rings. The number of halogens is 1. The Kier molecular flexibility index (Phi) is 3.52. The van der Waals surface area contributed by atoms with Gasteiger partial charge in [0.2, 0.25) is 0 Å². The van der Waals surface area contributed by atoms with Crippen LogP contribution in [0, 0.1) is 0 Å². The number of hydrogen-bond acceptors (Lipinski definition) is 2. The first-order valence-electron chi connectivity index (χ1n) is 6.25. The van der Waals surface area contributed by atoms with Crippen molar-refractivity contribution < 1.29 is 9.47 Å². The molecule has 0 saturated carbocycles. The van der Waals surface area contributed by atoms with E-state index < -0.39 is 0 Å². The fourth-order valence-electron chi connectivity index (χ4n) is 2.25. The molecule has 0 aliphatic carbocycles. The van der Waals surface area contributed by atoms with Crippen LogP contribution in [0.1, 0.15) is 12.8 Å². The molecule has 0 radical (unpaired) electrons. The SMILES string of the molecule is Brc1ccc2cc(OCC3CCCO3)ccc2c1. The quantitative estimate of drug-likeness (QED) is 0.847. The standard InChI is InChI=1S/C15H15BrO2/c16-13-5-3-12-9-14(6-4-11(12)8-13)18-10-15-2-1-7-17-15/h3-6,8-9,15H,1-2,7,10H2. The van der Waals surface area contributed by atoms with Gasteiger partial charge in [0.1, 0.15) is 12.4 Å². The average Bonchev–Trinajstić information content (AvgIpc) is 2.89. The van der Waals surface area contributed by atoms with Gasteiger partial charge in [-0.2, -0.15) is 0 Å². The Balaban J connectivity index is 1.74. The maximum Gasteiger partial charge on any atom is 0.120 e. The largest absolute Gasteiger partial charge is 0.491 e. The number of fused-ring (bicyclic) bond motifs is 1. The predicted molar refractivity (Wildman–Crippen MR) is 76.1 cm³/mol. The molecular weight excluding hydrogens is 292 g/mol. The molecule has 0 amide bonds. The summed E-state index contributed by atoms with van der Waals surface area (Å²) in [4.78, 5) is 0. The Hall–Kier alpha value is -1.06. The van der Waals surface area contributed by atoms with Gasteiger partial charge in [0.05, 0.1) is 6.10 Å². The zero-order valence-corrected chi connectivity index (χ0v) is 11.7. The van der Waals surface area contributed by atoms with Gasteiger partial charge < -0.3 is 9.47 Å². The molecule has 0 spiro atoms. The molecule has 3 rings (SSSR count). The van der Waals surface area contributed by atoms with Crippen LogP contribution in [0.25, 0.3) is 10.8 Å². The van der Waals surface area contributed by atoms with E-state index in [2.05, 4.69) is 40.2 Å². The van der Waals surface area contributed by atoms with Crippen LogP contribution in [0.3, 0.4) is 0 Å². The van der Waals surface area contributed by atoms with E-state index in [-0.39, 0.29) is 6.10 Å². The second-order valence-electron chi connectivity index (χ2n) is 4.60. The van der Waals surface area contributed by atoms with Crippen molar-refractivity contribution in [2.24, 2.45) is 0 Å². The van der Waals surface area contributed by atoms with Crippen LogP contribution in [0.15, 0.2) is 40.9 Å². The Morgan fingerprint density at radius 2 is 2.00 bits per heavy atom. The second kappa shape index (κ2) is 5.29. The number of ether oxygens (including phenoxy) is 2. The van der Waals surface area contributed by atoms with Gasteiger partial charge in [-0.15, -0.1) is 0 Å². The molecule has 2 aromatic rings. The van der Waals surface area contributed by atoms with E-state index in [1.54, 1.807) is 0 Å².